The topological polar surface area (TPSA) is 85.9 Å². The molecule has 3 N–H and O–H groups in total. The fraction of sp³-hybridized carbons (Fsp3) is 0.385. The molecule has 8 heteroatoms. The van der Waals surface area contributed by atoms with Gasteiger partial charge in [-0.1, -0.05) is 6.92 Å². The zero-order valence-electron chi connectivity index (χ0n) is 11.9. The number of anilines is 1. The first-order valence-corrected chi connectivity index (χ1v) is 7.43. The van der Waals surface area contributed by atoms with Crippen molar-refractivity contribution in [1.29, 1.82) is 0 Å². The minimum Gasteiger partial charge on any atom is -0.491 e. The minimum absolute atomic E-state index is 0.133. The smallest absolute Gasteiger partial charge is 0.343 e. The van der Waals surface area contributed by atoms with Gasteiger partial charge in [0.1, 0.15) is 0 Å². The lowest BCUT2D eigenvalue weighted by Gasteiger charge is -2.10. The summed E-state index contributed by atoms with van der Waals surface area (Å²) in [6.07, 6.45) is 0.802. The van der Waals surface area contributed by atoms with Crippen LogP contribution in [-0.2, 0) is 6.54 Å². The van der Waals surface area contributed by atoms with Crippen molar-refractivity contribution in [2.45, 2.75) is 36.9 Å². The average molecular weight is 312 g/mol. The molecule has 0 bridgehead atoms. The molecule has 114 valence electrons. The molecule has 0 unspecified atom stereocenters. The van der Waals surface area contributed by atoms with Gasteiger partial charge < -0.3 is 10.5 Å². The Labute approximate surface area is 125 Å². The first-order valence-electron chi connectivity index (χ1n) is 6.61. The molecule has 0 saturated heterocycles. The van der Waals surface area contributed by atoms with Crippen molar-refractivity contribution in [2.75, 3.05) is 12.3 Å². The molecule has 0 aliphatic heterocycles. The molecular formula is C13H17FN4O2S. The number of nitrogens with two attached hydrogens (primary N) is 1. The van der Waals surface area contributed by atoms with Gasteiger partial charge in [0.15, 0.2) is 16.7 Å². The Hall–Kier alpha value is -1.96. The van der Waals surface area contributed by atoms with Crippen molar-refractivity contribution < 1.29 is 9.13 Å². The molecule has 1 heterocycles. The highest BCUT2D eigenvalue weighted by Crippen LogP contribution is 2.35. The molecule has 21 heavy (non-hydrogen) atoms. The number of nitrogens with zero attached hydrogens (tertiary/aromatic N) is 2. The maximum atomic E-state index is 13.7. The van der Waals surface area contributed by atoms with Crippen molar-refractivity contribution in [3.05, 3.63) is 28.4 Å². The van der Waals surface area contributed by atoms with Gasteiger partial charge in [0, 0.05) is 23.2 Å². The van der Waals surface area contributed by atoms with Crippen LogP contribution in [0.2, 0.25) is 0 Å². The van der Waals surface area contributed by atoms with E-state index in [-0.39, 0.29) is 17.1 Å². The van der Waals surface area contributed by atoms with Gasteiger partial charge in [0.2, 0.25) is 0 Å². The van der Waals surface area contributed by atoms with Crippen LogP contribution in [0.25, 0.3) is 0 Å². The summed E-state index contributed by atoms with van der Waals surface area (Å²) in [5.74, 6) is -0.374. The summed E-state index contributed by atoms with van der Waals surface area (Å²) < 4.78 is 20.4. The average Bonchev–Trinajstić information content (AvgIpc) is 2.77. The van der Waals surface area contributed by atoms with E-state index >= 15 is 0 Å². The van der Waals surface area contributed by atoms with Crippen LogP contribution in [0.5, 0.6) is 5.75 Å². The Morgan fingerprint density at radius 1 is 1.48 bits per heavy atom. The summed E-state index contributed by atoms with van der Waals surface area (Å²) in [6, 6.07) is 2.73. The number of nitrogens with one attached hydrogen (secondary N) is 1. The summed E-state index contributed by atoms with van der Waals surface area (Å²) in [4.78, 5) is 12.2. The van der Waals surface area contributed by atoms with Crippen LogP contribution >= 0.6 is 11.8 Å². The largest absolute Gasteiger partial charge is 0.491 e. The molecule has 1 aromatic heterocycles. The van der Waals surface area contributed by atoms with Crippen molar-refractivity contribution in [3.8, 4) is 5.75 Å². The van der Waals surface area contributed by atoms with E-state index in [1.165, 1.54) is 28.5 Å². The molecule has 0 saturated carbocycles. The molecule has 0 atom stereocenters. The Bertz CT molecular complexity index is 683. The third-order valence-corrected chi connectivity index (χ3v) is 3.80. The van der Waals surface area contributed by atoms with Gasteiger partial charge in [0.05, 0.1) is 6.61 Å². The van der Waals surface area contributed by atoms with Crippen molar-refractivity contribution in [2.24, 2.45) is 0 Å². The Kier molecular flexibility index (Phi) is 4.89. The summed E-state index contributed by atoms with van der Waals surface area (Å²) in [5, 5.41) is 6.86. The number of halogens is 1. The number of hydrogen-bond donors (Lipinski definition) is 2. The fourth-order valence-corrected chi connectivity index (χ4v) is 2.72. The van der Waals surface area contributed by atoms with Gasteiger partial charge >= 0.3 is 5.69 Å². The van der Waals surface area contributed by atoms with Crippen molar-refractivity contribution in [3.63, 3.8) is 0 Å². The third-order valence-electron chi connectivity index (χ3n) is 2.74. The minimum atomic E-state index is -0.508. The van der Waals surface area contributed by atoms with E-state index in [0.717, 1.165) is 6.42 Å². The van der Waals surface area contributed by atoms with E-state index in [0.29, 0.717) is 23.2 Å². The second-order valence-electron chi connectivity index (χ2n) is 4.32. The fourth-order valence-electron chi connectivity index (χ4n) is 1.80. The predicted molar refractivity (Wildman–Crippen MR) is 79.2 cm³/mol. The molecule has 0 aliphatic carbocycles. The highest BCUT2D eigenvalue weighted by atomic mass is 32.2. The van der Waals surface area contributed by atoms with Crippen LogP contribution in [0.3, 0.4) is 0 Å². The highest BCUT2D eigenvalue weighted by Gasteiger charge is 2.14. The normalized spacial score (nSPS) is 10.8. The van der Waals surface area contributed by atoms with E-state index in [9.17, 15) is 9.18 Å². The number of aromatic nitrogens is 3. The maximum absolute atomic E-state index is 13.7. The van der Waals surface area contributed by atoms with E-state index in [1.54, 1.807) is 6.92 Å². The lowest BCUT2D eigenvalue weighted by molar-refractivity contribution is 0.321. The van der Waals surface area contributed by atoms with E-state index in [4.69, 9.17) is 10.5 Å². The van der Waals surface area contributed by atoms with Crippen LogP contribution in [0.15, 0.2) is 27.0 Å². The molecule has 0 aliphatic rings. The van der Waals surface area contributed by atoms with E-state index in [2.05, 4.69) is 10.2 Å². The Morgan fingerprint density at radius 3 is 2.90 bits per heavy atom. The quantitative estimate of drug-likeness (QED) is 0.799. The molecule has 0 radical (unpaired) electrons. The van der Waals surface area contributed by atoms with Crippen LogP contribution < -0.4 is 16.2 Å². The lowest BCUT2D eigenvalue weighted by Crippen LogP contribution is -2.17. The van der Waals surface area contributed by atoms with Gasteiger partial charge in [-0.15, -0.1) is 5.10 Å². The van der Waals surface area contributed by atoms with Crippen LogP contribution in [0.4, 0.5) is 10.1 Å². The molecule has 0 amide bonds. The molecule has 2 rings (SSSR count). The standard InChI is InChI=1S/C13H17FN4O2S/c1-3-5-18-12(19)16-17-13(18)21-11-7-10(20-4-2)8(14)6-9(11)15/h6-7H,3-5,15H2,1-2H3,(H,16,19). The number of benzene rings is 1. The lowest BCUT2D eigenvalue weighted by atomic mass is 10.3. The van der Waals surface area contributed by atoms with Gasteiger partial charge in [0.25, 0.3) is 0 Å². The zero-order chi connectivity index (χ0) is 15.4. The van der Waals surface area contributed by atoms with Crippen LogP contribution in [0.1, 0.15) is 20.3 Å². The maximum Gasteiger partial charge on any atom is 0.343 e. The van der Waals surface area contributed by atoms with E-state index < -0.39 is 5.82 Å². The van der Waals surface area contributed by atoms with Crippen LogP contribution in [-0.4, -0.2) is 21.4 Å². The molecule has 0 spiro atoms. The summed E-state index contributed by atoms with van der Waals surface area (Å²) >= 11 is 1.20. The molecule has 1 aromatic carbocycles. The number of nitrogen functional groups attached to an aromatic ring is 1. The predicted octanol–water partition coefficient (Wildman–Crippen LogP) is 2.25. The van der Waals surface area contributed by atoms with Crippen molar-refractivity contribution >= 4 is 17.4 Å². The highest BCUT2D eigenvalue weighted by molar-refractivity contribution is 7.99. The third kappa shape index (κ3) is 3.38. The molecular weight excluding hydrogens is 295 g/mol. The van der Waals surface area contributed by atoms with E-state index in [1.807, 2.05) is 6.92 Å². The summed E-state index contributed by atoms with van der Waals surface area (Å²) in [7, 11) is 0. The van der Waals surface area contributed by atoms with Crippen molar-refractivity contribution in [1.82, 2.24) is 14.8 Å². The number of aromatic amines is 1. The summed E-state index contributed by atoms with van der Waals surface area (Å²) in [6.45, 7) is 4.65. The molecule has 6 nitrogen and oxygen atoms in total. The zero-order valence-corrected chi connectivity index (χ0v) is 12.7. The van der Waals surface area contributed by atoms with Gasteiger partial charge in [-0.05, 0) is 31.2 Å². The number of hydrogen-bond acceptors (Lipinski definition) is 5. The second-order valence-corrected chi connectivity index (χ2v) is 5.33. The Morgan fingerprint density at radius 2 is 2.24 bits per heavy atom. The number of rotatable bonds is 6. The first kappa shape index (κ1) is 15.4. The Balaban J connectivity index is 2.35. The number of ether oxygens (including phenoxy) is 1. The monoisotopic (exact) mass is 312 g/mol. The molecule has 2 aromatic rings. The van der Waals surface area contributed by atoms with Gasteiger partial charge in [-0.3, -0.25) is 4.57 Å². The van der Waals surface area contributed by atoms with Gasteiger partial charge in [-0.25, -0.2) is 14.3 Å². The second kappa shape index (κ2) is 6.66. The SMILES string of the molecule is CCCn1c(Sc2cc(OCC)c(F)cc2N)n[nH]c1=O. The first-order chi connectivity index (χ1) is 10.1. The summed E-state index contributed by atoms with van der Waals surface area (Å²) in [5.41, 5.74) is 5.83. The van der Waals surface area contributed by atoms with Gasteiger partial charge in [-0.2, -0.15) is 0 Å². The van der Waals surface area contributed by atoms with Crippen LogP contribution in [0, 0.1) is 5.82 Å². The number of H-pyrrole nitrogens is 1. The molecule has 0 fully saturated rings.